The molecule has 0 unspecified atom stereocenters. The molecule has 7 heteroatoms. The average molecular weight is 659 g/mol. The van der Waals surface area contributed by atoms with Crippen molar-refractivity contribution in [2.45, 2.75) is 189 Å². The molecule has 0 amide bonds. The van der Waals surface area contributed by atoms with Crippen LogP contribution in [-0.2, 0) is 14.4 Å². The molecule has 1 rings (SSSR count). The van der Waals surface area contributed by atoms with Gasteiger partial charge in [0.1, 0.15) is 0 Å². The summed E-state index contributed by atoms with van der Waals surface area (Å²) < 4.78 is 17.3. The van der Waals surface area contributed by atoms with Crippen molar-refractivity contribution in [2.75, 3.05) is 0 Å². The zero-order chi connectivity index (χ0) is 34.7. The van der Waals surface area contributed by atoms with Gasteiger partial charge >= 0.3 is 17.9 Å². The fraction of sp³-hybridized carbons (Fsp3) is 0.750. The number of hydrogen-bond acceptors (Lipinski definition) is 7. The second-order valence-corrected chi connectivity index (χ2v) is 13.4. The molecular formula is C40H66O7. The Labute approximate surface area is 286 Å². The molecule has 0 fully saturated rings. The second-order valence-electron chi connectivity index (χ2n) is 13.4. The van der Waals surface area contributed by atoms with Gasteiger partial charge in [-0.05, 0) is 31.4 Å². The Hall–Kier alpha value is -2.70. The zero-order valence-electron chi connectivity index (χ0n) is 30.6. The first-order chi connectivity index (χ1) is 22.7. The lowest BCUT2D eigenvalue weighted by atomic mass is 10.0. The van der Waals surface area contributed by atoms with Gasteiger partial charge in [-0.3, -0.25) is 19.2 Å². The van der Waals surface area contributed by atoms with E-state index in [9.17, 15) is 19.2 Å². The summed E-state index contributed by atoms with van der Waals surface area (Å²) in [4.78, 5) is 52.0. The van der Waals surface area contributed by atoms with Crippen molar-refractivity contribution in [1.82, 2.24) is 0 Å². The Morgan fingerprint density at radius 3 is 1.09 bits per heavy atom. The highest BCUT2D eigenvalue weighted by molar-refractivity contribution is 5.99. The fourth-order valence-electron chi connectivity index (χ4n) is 5.50. The summed E-state index contributed by atoms with van der Waals surface area (Å²) >= 11 is 0. The van der Waals surface area contributed by atoms with Crippen molar-refractivity contribution < 1.29 is 33.4 Å². The standard InChI is InChI=1S/C40H66O7/c1-6-9-12-15-18-21-24-27-36(41)45-34-30-33(39(44)32(4)5)31-35(46-37(42)28-25-22-19-16-13-10-7-2)40(34)47-38(43)29-26-23-20-17-14-11-8-3/h30-32H,6-29H2,1-5H3. The molecule has 1 aromatic rings. The highest BCUT2D eigenvalue weighted by atomic mass is 16.6. The Balaban J connectivity index is 3.10. The van der Waals surface area contributed by atoms with Gasteiger partial charge in [0.2, 0.25) is 5.75 Å². The first-order valence-electron chi connectivity index (χ1n) is 19.1. The summed E-state index contributed by atoms with van der Waals surface area (Å²) in [6, 6.07) is 2.88. The molecule has 0 heterocycles. The molecule has 0 atom stereocenters. The number of unbranched alkanes of at least 4 members (excludes halogenated alkanes) is 18. The number of carbonyl (C=O) groups is 4. The molecule has 0 aliphatic carbocycles. The van der Waals surface area contributed by atoms with Gasteiger partial charge in [-0.15, -0.1) is 0 Å². The van der Waals surface area contributed by atoms with E-state index in [1.54, 1.807) is 13.8 Å². The van der Waals surface area contributed by atoms with Crippen LogP contribution in [0.1, 0.15) is 199 Å². The van der Waals surface area contributed by atoms with Crippen molar-refractivity contribution >= 4 is 23.7 Å². The Morgan fingerprint density at radius 1 is 0.468 bits per heavy atom. The van der Waals surface area contributed by atoms with Gasteiger partial charge in [0, 0.05) is 30.7 Å². The van der Waals surface area contributed by atoms with E-state index in [1.165, 1.54) is 69.9 Å². The molecule has 1 aromatic carbocycles. The molecule has 268 valence electrons. The van der Waals surface area contributed by atoms with Gasteiger partial charge < -0.3 is 14.2 Å². The van der Waals surface area contributed by atoms with Crippen LogP contribution in [0.4, 0.5) is 0 Å². The molecule has 0 aliphatic rings. The zero-order valence-corrected chi connectivity index (χ0v) is 30.6. The Morgan fingerprint density at radius 2 is 0.766 bits per heavy atom. The van der Waals surface area contributed by atoms with E-state index in [-0.39, 0.29) is 53.8 Å². The van der Waals surface area contributed by atoms with Gasteiger partial charge in [0.15, 0.2) is 17.3 Å². The van der Waals surface area contributed by atoms with Crippen LogP contribution in [0.3, 0.4) is 0 Å². The summed E-state index contributed by atoms with van der Waals surface area (Å²) in [5.74, 6) is -2.20. The first-order valence-corrected chi connectivity index (χ1v) is 19.1. The summed E-state index contributed by atoms with van der Waals surface area (Å²) in [7, 11) is 0. The lowest BCUT2D eigenvalue weighted by Crippen LogP contribution is -2.16. The van der Waals surface area contributed by atoms with Crippen molar-refractivity contribution in [3.8, 4) is 17.2 Å². The van der Waals surface area contributed by atoms with Crippen molar-refractivity contribution in [3.05, 3.63) is 17.7 Å². The Bertz CT molecular complexity index is 976. The first kappa shape index (κ1) is 42.3. The van der Waals surface area contributed by atoms with Crippen LogP contribution < -0.4 is 14.2 Å². The molecule has 7 nitrogen and oxygen atoms in total. The smallest absolute Gasteiger partial charge is 0.311 e. The van der Waals surface area contributed by atoms with Crippen molar-refractivity contribution in [2.24, 2.45) is 5.92 Å². The third-order valence-electron chi connectivity index (χ3n) is 8.45. The third-order valence-corrected chi connectivity index (χ3v) is 8.45. The summed E-state index contributed by atoms with van der Waals surface area (Å²) in [5.41, 5.74) is 0.240. The molecule has 0 N–H and O–H groups in total. The summed E-state index contributed by atoms with van der Waals surface area (Å²) in [6.45, 7) is 10.1. The van der Waals surface area contributed by atoms with Gasteiger partial charge in [0.25, 0.3) is 0 Å². The molecule has 0 radical (unpaired) electrons. The van der Waals surface area contributed by atoms with Crippen molar-refractivity contribution in [1.29, 1.82) is 0 Å². The third kappa shape index (κ3) is 20.3. The summed E-state index contributed by atoms with van der Waals surface area (Å²) in [6.07, 6.45) is 22.9. The van der Waals surface area contributed by atoms with Crippen LogP contribution in [0.2, 0.25) is 0 Å². The predicted molar refractivity (Wildman–Crippen MR) is 190 cm³/mol. The molecule has 47 heavy (non-hydrogen) atoms. The van der Waals surface area contributed by atoms with Gasteiger partial charge in [-0.1, -0.05) is 150 Å². The number of rotatable bonds is 29. The minimum absolute atomic E-state index is 0.0592. The average Bonchev–Trinajstić information content (AvgIpc) is 3.04. The number of hydrogen-bond donors (Lipinski definition) is 0. The molecule has 0 aliphatic heterocycles. The number of carbonyl (C=O) groups excluding carboxylic acids is 4. The largest absolute Gasteiger partial charge is 0.422 e. The monoisotopic (exact) mass is 658 g/mol. The minimum Gasteiger partial charge on any atom is -0.422 e. The van der Waals surface area contributed by atoms with Gasteiger partial charge in [0.05, 0.1) is 0 Å². The molecule has 0 saturated heterocycles. The number of benzene rings is 1. The quantitative estimate of drug-likeness (QED) is 0.0366. The number of esters is 3. The molecule has 0 saturated carbocycles. The molecule has 0 bridgehead atoms. The molecule has 0 spiro atoms. The Kier molecular flexibility index (Phi) is 24.6. The van der Waals surface area contributed by atoms with E-state index >= 15 is 0 Å². The SMILES string of the molecule is CCCCCCCCCC(=O)Oc1cc(C(=O)C(C)C)cc(OC(=O)CCCCCCCCC)c1OC(=O)CCCCCCCCC. The van der Waals surface area contributed by atoms with E-state index in [4.69, 9.17) is 14.2 Å². The normalized spacial score (nSPS) is 11.1. The number of ether oxygens (including phenoxy) is 3. The van der Waals surface area contributed by atoms with Crippen molar-refractivity contribution in [3.63, 3.8) is 0 Å². The van der Waals surface area contributed by atoms with Gasteiger partial charge in [-0.25, -0.2) is 0 Å². The molecule has 0 aromatic heterocycles. The van der Waals surface area contributed by atoms with E-state index in [0.29, 0.717) is 19.3 Å². The highest BCUT2D eigenvalue weighted by Gasteiger charge is 2.25. The van der Waals surface area contributed by atoms with E-state index in [0.717, 1.165) is 57.8 Å². The lowest BCUT2D eigenvalue weighted by Gasteiger charge is -2.17. The second kappa shape index (κ2) is 27.3. The van der Waals surface area contributed by atoms with E-state index in [1.807, 2.05) is 0 Å². The fourth-order valence-corrected chi connectivity index (χ4v) is 5.50. The highest BCUT2D eigenvalue weighted by Crippen LogP contribution is 2.40. The van der Waals surface area contributed by atoms with Crippen LogP contribution >= 0.6 is 0 Å². The number of ketones is 1. The maximum absolute atomic E-state index is 13.1. The van der Waals surface area contributed by atoms with E-state index < -0.39 is 17.9 Å². The molecular weight excluding hydrogens is 592 g/mol. The van der Waals surface area contributed by atoms with Crippen LogP contribution in [0.25, 0.3) is 0 Å². The van der Waals surface area contributed by atoms with E-state index in [2.05, 4.69) is 20.8 Å². The maximum Gasteiger partial charge on any atom is 0.311 e. The number of Topliss-reactive ketones (excluding diaryl/α,β-unsaturated/α-hetero) is 1. The lowest BCUT2D eigenvalue weighted by molar-refractivity contribution is -0.138. The van der Waals surface area contributed by atoms with Crippen LogP contribution in [0.5, 0.6) is 17.2 Å². The predicted octanol–water partition coefficient (Wildman–Crippen LogP) is 11.7. The summed E-state index contributed by atoms with van der Waals surface area (Å²) in [5, 5.41) is 0. The van der Waals surface area contributed by atoms with Gasteiger partial charge in [-0.2, -0.15) is 0 Å². The van der Waals surface area contributed by atoms with Crippen LogP contribution in [0.15, 0.2) is 12.1 Å². The minimum atomic E-state index is -0.491. The topological polar surface area (TPSA) is 96.0 Å². The maximum atomic E-state index is 13.1. The van der Waals surface area contributed by atoms with Crippen LogP contribution in [0, 0.1) is 5.92 Å². The van der Waals surface area contributed by atoms with Crippen LogP contribution in [-0.4, -0.2) is 23.7 Å².